The van der Waals surface area contributed by atoms with Crippen LogP contribution in [0.3, 0.4) is 0 Å². The normalized spacial score (nSPS) is 22.2. The maximum absolute atomic E-state index is 11.6. The number of carbonyl (C=O) groups is 1. The standard InChI is InChI=1S/C13H25N3O/c1-13(2,16-8-4-3-5-9-16)10-14-12(17)15-11-6-7-11/h11H,3-10H2,1-2H3,(H2,14,15,17). The van der Waals surface area contributed by atoms with Crippen molar-refractivity contribution in [1.29, 1.82) is 0 Å². The Labute approximate surface area is 104 Å². The van der Waals surface area contributed by atoms with Gasteiger partial charge in [-0.2, -0.15) is 0 Å². The summed E-state index contributed by atoms with van der Waals surface area (Å²) in [5, 5.41) is 5.96. The van der Waals surface area contributed by atoms with Gasteiger partial charge in [0.1, 0.15) is 0 Å². The lowest BCUT2D eigenvalue weighted by Gasteiger charge is -2.41. The molecule has 0 spiro atoms. The van der Waals surface area contributed by atoms with E-state index in [0.29, 0.717) is 6.04 Å². The zero-order valence-electron chi connectivity index (χ0n) is 11.1. The van der Waals surface area contributed by atoms with Crippen LogP contribution in [-0.4, -0.2) is 42.1 Å². The Hall–Kier alpha value is -0.770. The lowest BCUT2D eigenvalue weighted by molar-refractivity contribution is 0.0960. The molecule has 1 aliphatic carbocycles. The Morgan fingerprint density at radius 1 is 1.24 bits per heavy atom. The number of carbonyl (C=O) groups excluding carboxylic acids is 1. The average molecular weight is 239 g/mol. The summed E-state index contributed by atoms with van der Waals surface area (Å²) in [7, 11) is 0. The van der Waals surface area contributed by atoms with Crippen LogP contribution in [0.5, 0.6) is 0 Å². The molecular weight excluding hydrogens is 214 g/mol. The van der Waals surface area contributed by atoms with Crippen LogP contribution in [0.4, 0.5) is 4.79 Å². The molecule has 1 saturated heterocycles. The van der Waals surface area contributed by atoms with E-state index in [4.69, 9.17) is 0 Å². The van der Waals surface area contributed by atoms with Gasteiger partial charge >= 0.3 is 6.03 Å². The summed E-state index contributed by atoms with van der Waals surface area (Å²) < 4.78 is 0. The first kappa shape index (κ1) is 12.7. The van der Waals surface area contributed by atoms with Crippen LogP contribution in [-0.2, 0) is 0 Å². The van der Waals surface area contributed by atoms with E-state index < -0.39 is 0 Å². The van der Waals surface area contributed by atoms with Crippen molar-refractivity contribution < 1.29 is 4.79 Å². The van der Waals surface area contributed by atoms with E-state index in [2.05, 4.69) is 29.4 Å². The van der Waals surface area contributed by atoms with Crippen molar-refractivity contribution in [2.24, 2.45) is 0 Å². The second-order valence-corrected chi connectivity index (χ2v) is 5.96. The molecule has 0 bridgehead atoms. The van der Waals surface area contributed by atoms with Gasteiger partial charge in [-0.25, -0.2) is 4.79 Å². The molecule has 0 aromatic heterocycles. The molecule has 2 amide bonds. The van der Waals surface area contributed by atoms with E-state index in [1.807, 2.05) is 0 Å². The molecule has 0 atom stereocenters. The number of urea groups is 1. The van der Waals surface area contributed by atoms with Crippen LogP contribution >= 0.6 is 0 Å². The highest BCUT2D eigenvalue weighted by Crippen LogP contribution is 2.20. The van der Waals surface area contributed by atoms with Gasteiger partial charge in [-0.3, -0.25) is 4.90 Å². The second-order valence-electron chi connectivity index (χ2n) is 5.96. The summed E-state index contributed by atoms with van der Waals surface area (Å²) in [6.07, 6.45) is 6.21. The van der Waals surface area contributed by atoms with Crippen molar-refractivity contribution in [1.82, 2.24) is 15.5 Å². The quantitative estimate of drug-likeness (QED) is 0.784. The van der Waals surface area contributed by atoms with Crippen LogP contribution in [0, 0.1) is 0 Å². The molecule has 98 valence electrons. The SMILES string of the molecule is CC(C)(CNC(=O)NC1CC1)N1CCCCC1. The van der Waals surface area contributed by atoms with Crippen molar-refractivity contribution in [2.45, 2.75) is 57.5 Å². The Morgan fingerprint density at radius 2 is 1.88 bits per heavy atom. The molecule has 0 aromatic rings. The highest BCUT2D eigenvalue weighted by atomic mass is 16.2. The molecular formula is C13H25N3O. The van der Waals surface area contributed by atoms with Gasteiger partial charge in [0, 0.05) is 18.1 Å². The predicted octanol–water partition coefficient (Wildman–Crippen LogP) is 1.71. The topological polar surface area (TPSA) is 44.4 Å². The smallest absolute Gasteiger partial charge is 0.315 e. The van der Waals surface area contributed by atoms with Crippen LogP contribution < -0.4 is 10.6 Å². The van der Waals surface area contributed by atoms with E-state index in [1.54, 1.807) is 0 Å². The first-order valence-electron chi connectivity index (χ1n) is 6.87. The van der Waals surface area contributed by atoms with Crippen molar-refractivity contribution in [2.75, 3.05) is 19.6 Å². The van der Waals surface area contributed by atoms with Gasteiger partial charge in [0.15, 0.2) is 0 Å². The minimum atomic E-state index is -0.00224. The predicted molar refractivity (Wildman–Crippen MR) is 69.1 cm³/mol. The van der Waals surface area contributed by atoms with Gasteiger partial charge in [0.05, 0.1) is 0 Å². The number of hydrogen-bond donors (Lipinski definition) is 2. The third-order valence-corrected chi connectivity index (χ3v) is 3.81. The minimum absolute atomic E-state index is 0.00224. The molecule has 17 heavy (non-hydrogen) atoms. The lowest BCUT2D eigenvalue weighted by Crippen LogP contribution is -2.54. The first-order valence-corrected chi connectivity index (χ1v) is 6.87. The third-order valence-electron chi connectivity index (χ3n) is 3.81. The zero-order chi connectivity index (χ0) is 12.3. The fraction of sp³-hybridized carbons (Fsp3) is 0.923. The van der Waals surface area contributed by atoms with Crippen molar-refractivity contribution in [3.63, 3.8) is 0 Å². The summed E-state index contributed by atoms with van der Waals surface area (Å²) in [6.45, 7) is 7.49. The Balaban J connectivity index is 1.72. The number of rotatable bonds is 4. The monoisotopic (exact) mass is 239 g/mol. The number of amides is 2. The molecule has 4 heteroatoms. The molecule has 1 aliphatic heterocycles. The molecule has 0 unspecified atom stereocenters. The van der Waals surface area contributed by atoms with E-state index >= 15 is 0 Å². The first-order chi connectivity index (χ1) is 8.08. The van der Waals surface area contributed by atoms with Gasteiger partial charge in [0.25, 0.3) is 0 Å². The largest absolute Gasteiger partial charge is 0.336 e. The minimum Gasteiger partial charge on any atom is -0.336 e. The van der Waals surface area contributed by atoms with Gasteiger partial charge in [-0.1, -0.05) is 6.42 Å². The molecule has 0 aromatic carbocycles. The summed E-state index contributed by atoms with van der Waals surface area (Å²) >= 11 is 0. The van der Waals surface area contributed by atoms with Crippen LogP contribution in [0.2, 0.25) is 0 Å². The Morgan fingerprint density at radius 3 is 2.47 bits per heavy atom. The summed E-state index contributed by atoms with van der Waals surface area (Å²) in [5.74, 6) is 0. The molecule has 2 fully saturated rings. The maximum atomic E-state index is 11.6. The van der Waals surface area contributed by atoms with Gasteiger partial charge in [-0.05, 0) is 52.6 Å². The van der Waals surface area contributed by atoms with E-state index in [0.717, 1.165) is 19.4 Å². The zero-order valence-corrected chi connectivity index (χ0v) is 11.1. The van der Waals surface area contributed by atoms with Crippen molar-refractivity contribution in [3.8, 4) is 0 Å². The van der Waals surface area contributed by atoms with Crippen LogP contribution in [0.25, 0.3) is 0 Å². The number of hydrogen-bond acceptors (Lipinski definition) is 2. The van der Waals surface area contributed by atoms with Crippen LogP contribution in [0.1, 0.15) is 46.0 Å². The molecule has 4 nitrogen and oxygen atoms in total. The fourth-order valence-electron chi connectivity index (χ4n) is 2.37. The summed E-state index contributed by atoms with van der Waals surface area (Å²) in [4.78, 5) is 14.1. The number of likely N-dealkylation sites (tertiary alicyclic amines) is 1. The van der Waals surface area contributed by atoms with Gasteiger partial charge in [0.2, 0.25) is 0 Å². The van der Waals surface area contributed by atoms with Crippen molar-refractivity contribution in [3.05, 3.63) is 0 Å². The highest BCUT2D eigenvalue weighted by Gasteiger charge is 2.29. The average Bonchev–Trinajstić information content (AvgIpc) is 3.12. The molecule has 1 saturated carbocycles. The summed E-state index contributed by atoms with van der Waals surface area (Å²) in [5.41, 5.74) is 0.0707. The third kappa shape index (κ3) is 3.87. The number of nitrogens with one attached hydrogen (secondary N) is 2. The second kappa shape index (κ2) is 5.25. The van der Waals surface area contributed by atoms with Gasteiger partial charge < -0.3 is 10.6 Å². The molecule has 2 N–H and O–H groups in total. The van der Waals surface area contributed by atoms with E-state index in [-0.39, 0.29) is 11.6 Å². The van der Waals surface area contributed by atoms with Crippen LogP contribution in [0.15, 0.2) is 0 Å². The molecule has 0 radical (unpaired) electrons. The fourth-order valence-corrected chi connectivity index (χ4v) is 2.37. The lowest BCUT2D eigenvalue weighted by atomic mass is 9.98. The Kier molecular flexibility index (Phi) is 3.92. The molecule has 2 aliphatic rings. The van der Waals surface area contributed by atoms with E-state index in [1.165, 1.54) is 32.4 Å². The van der Waals surface area contributed by atoms with Crippen molar-refractivity contribution >= 4 is 6.03 Å². The van der Waals surface area contributed by atoms with Gasteiger partial charge in [-0.15, -0.1) is 0 Å². The number of nitrogens with zero attached hydrogens (tertiary/aromatic N) is 1. The molecule has 1 heterocycles. The maximum Gasteiger partial charge on any atom is 0.315 e. The van der Waals surface area contributed by atoms with E-state index in [9.17, 15) is 4.79 Å². The summed E-state index contributed by atoms with van der Waals surface area (Å²) in [6, 6.07) is 0.436. The number of piperidine rings is 1. The Bertz CT molecular complexity index is 268. The highest BCUT2D eigenvalue weighted by molar-refractivity contribution is 5.74. The molecule has 2 rings (SSSR count).